The van der Waals surface area contributed by atoms with Crippen molar-refractivity contribution in [1.82, 2.24) is 0 Å². The molecule has 58 valence electrons. The maximum atomic E-state index is 10.3. The topological polar surface area (TPSA) is 37.3 Å². The molecule has 0 saturated carbocycles. The standard InChI is InChI=1S/C7H5ClO2.Pb.2H/c8-6-3-1-2-5(4-6)7(9)10;;;/h1-4H,(H,9,10);;;. The van der Waals surface area contributed by atoms with Crippen LogP contribution in [0.4, 0.5) is 0 Å². The van der Waals surface area contributed by atoms with Gasteiger partial charge in [0, 0.05) is 5.02 Å². The molecule has 0 heterocycles. The van der Waals surface area contributed by atoms with Crippen molar-refractivity contribution in [2.75, 3.05) is 0 Å². The van der Waals surface area contributed by atoms with Crippen LogP contribution >= 0.6 is 11.6 Å². The van der Waals surface area contributed by atoms with Crippen molar-refractivity contribution in [2.24, 2.45) is 0 Å². The minimum absolute atomic E-state index is 0. The zero-order chi connectivity index (χ0) is 7.56. The van der Waals surface area contributed by atoms with E-state index < -0.39 is 5.97 Å². The predicted molar refractivity (Wildman–Crippen MR) is 47.0 cm³/mol. The van der Waals surface area contributed by atoms with Gasteiger partial charge in [0.15, 0.2) is 0 Å². The molecule has 0 fully saturated rings. The summed E-state index contributed by atoms with van der Waals surface area (Å²) in [7, 11) is 0. The Labute approximate surface area is 89.3 Å². The number of rotatable bonds is 1. The van der Waals surface area contributed by atoms with Crippen molar-refractivity contribution >= 4 is 44.9 Å². The molecule has 0 saturated heterocycles. The Morgan fingerprint density at radius 2 is 2.09 bits per heavy atom. The number of halogens is 1. The molecule has 11 heavy (non-hydrogen) atoms. The molecule has 2 nitrogen and oxygen atoms in total. The number of aromatic carboxylic acids is 1. The number of carboxylic acids is 1. The second-order valence-corrected chi connectivity index (χ2v) is 2.25. The molecule has 0 aliphatic heterocycles. The van der Waals surface area contributed by atoms with Crippen molar-refractivity contribution in [3.63, 3.8) is 0 Å². The van der Waals surface area contributed by atoms with Gasteiger partial charge in [-0.05, 0) is 18.2 Å². The van der Waals surface area contributed by atoms with Gasteiger partial charge in [0.2, 0.25) is 0 Å². The summed E-state index contributed by atoms with van der Waals surface area (Å²) in [5, 5.41) is 8.89. The fraction of sp³-hybridized carbons (Fsp3) is 0. The Bertz CT molecular complexity index is 262. The van der Waals surface area contributed by atoms with E-state index in [0.717, 1.165) is 0 Å². The van der Waals surface area contributed by atoms with Crippen LogP contribution in [0.3, 0.4) is 0 Å². The molecule has 0 bridgehead atoms. The average Bonchev–Trinajstić information content (AvgIpc) is 1.88. The van der Waals surface area contributed by atoms with Crippen LogP contribution in [0.25, 0.3) is 0 Å². The fourth-order valence-corrected chi connectivity index (χ4v) is 0.812. The SMILES string of the molecule is O=C(O)c1cccc(Cl)c1.[PbH2]. The average molecular weight is 366 g/mol. The Morgan fingerprint density at radius 3 is 2.45 bits per heavy atom. The summed E-state index contributed by atoms with van der Waals surface area (Å²) < 4.78 is 0. The van der Waals surface area contributed by atoms with Crippen molar-refractivity contribution < 1.29 is 9.90 Å². The van der Waals surface area contributed by atoms with Crippen LogP contribution in [0.1, 0.15) is 10.4 Å². The van der Waals surface area contributed by atoms with Crippen LogP contribution in [0, 0.1) is 0 Å². The number of carbonyl (C=O) groups is 1. The minimum atomic E-state index is -0.956. The second-order valence-electron chi connectivity index (χ2n) is 1.82. The number of hydrogen-bond donors (Lipinski definition) is 1. The maximum absolute atomic E-state index is 10.3. The zero-order valence-corrected chi connectivity index (χ0v) is 12.0. The normalized spacial score (nSPS) is 8.45. The molecule has 0 aliphatic rings. The molecule has 0 unspecified atom stereocenters. The van der Waals surface area contributed by atoms with Gasteiger partial charge in [-0.3, -0.25) is 0 Å². The summed E-state index contributed by atoms with van der Waals surface area (Å²) >= 11 is 5.53. The van der Waals surface area contributed by atoms with Gasteiger partial charge < -0.3 is 5.11 Å². The molecular formula is C7H7ClO2Pb. The molecule has 1 N–H and O–H groups in total. The van der Waals surface area contributed by atoms with Crippen molar-refractivity contribution in [1.29, 1.82) is 0 Å². The Morgan fingerprint density at radius 1 is 1.45 bits per heavy atom. The van der Waals surface area contributed by atoms with Crippen LogP contribution in [-0.2, 0) is 0 Å². The Balaban J connectivity index is 0.000001000. The van der Waals surface area contributed by atoms with Gasteiger partial charge >= 0.3 is 33.3 Å². The molecule has 0 aliphatic carbocycles. The molecule has 4 heteroatoms. The van der Waals surface area contributed by atoms with Gasteiger partial charge in [-0.15, -0.1) is 0 Å². The first kappa shape index (κ1) is 10.9. The third-order valence-corrected chi connectivity index (χ3v) is 1.31. The van der Waals surface area contributed by atoms with Gasteiger partial charge in [-0.25, -0.2) is 4.79 Å². The van der Waals surface area contributed by atoms with E-state index in [-0.39, 0.29) is 32.9 Å². The van der Waals surface area contributed by atoms with Crippen molar-refractivity contribution in [3.05, 3.63) is 34.9 Å². The van der Waals surface area contributed by atoms with E-state index in [1.807, 2.05) is 0 Å². The predicted octanol–water partition coefficient (Wildman–Crippen LogP) is 1.12. The van der Waals surface area contributed by atoms with Gasteiger partial charge in [-0.2, -0.15) is 0 Å². The van der Waals surface area contributed by atoms with Crippen LogP contribution < -0.4 is 0 Å². The van der Waals surface area contributed by atoms with Crippen LogP contribution in [0.5, 0.6) is 0 Å². The van der Waals surface area contributed by atoms with Gasteiger partial charge in [0.05, 0.1) is 5.56 Å². The van der Waals surface area contributed by atoms with Crippen LogP contribution in [-0.4, -0.2) is 38.4 Å². The first-order chi connectivity index (χ1) is 4.70. The number of benzene rings is 1. The summed E-state index contributed by atoms with van der Waals surface area (Å²) in [5.74, 6) is -0.956. The Kier molecular flexibility index (Phi) is 4.67. The summed E-state index contributed by atoms with van der Waals surface area (Å²) in [6, 6.07) is 6.14. The molecule has 0 amide bonds. The molecule has 0 atom stereocenters. The zero-order valence-electron chi connectivity index (χ0n) is 5.75. The fourth-order valence-electron chi connectivity index (χ4n) is 0.622. The van der Waals surface area contributed by atoms with E-state index >= 15 is 0 Å². The summed E-state index contributed by atoms with van der Waals surface area (Å²) in [5.41, 5.74) is 0.215. The molecule has 0 aromatic heterocycles. The molecule has 1 aromatic rings. The first-order valence-electron chi connectivity index (χ1n) is 2.69. The van der Waals surface area contributed by atoms with Gasteiger partial charge in [-0.1, -0.05) is 17.7 Å². The summed E-state index contributed by atoms with van der Waals surface area (Å²) in [6.07, 6.45) is 0. The number of carboxylic acid groups (broad SMARTS) is 1. The number of hydrogen-bond acceptors (Lipinski definition) is 1. The second kappa shape index (κ2) is 4.71. The van der Waals surface area contributed by atoms with Crippen LogP contribution in [0.2, 0.25) is 5.02 Å². The molecule has 2 radical (unpaired) electrons. The Hall–Kier alpha value is -0.0979. The molecule has 1 aromatic carbocycles. The monoisotopic (exact) mass is 366 g/mol. The summed E-state index contributed by atoms with van der Waals surface area (Å²) in [4.78, 5) is 10.3. The van der Waals surface area contributed by atoms with Crippen molar-refractivity contribution in [2.45, 2.75) is 0 Å². The van der Waals surface area contributed by atoms with E-state index in [4.69, 9.17) is 16.7 Å². The quantitative estimate of drug-likeness (QED) is 0.757. The first-order valence-corrected chi connectivity index (χ1v) is 3.07. The van der Waals surface area contributed by atoms with Gasteiger partial charge in [0.25, 0.3) is 0 Å². The van der Waals surface area contributed by atoms with E-state index in [9.17, 15) is 4.79 Å². The van der Waals surface area contributed by atoms with Gasteiger partial charge in [0.1, 0.15) is 0 Å². The van der Waals surface area contributed by atoms with Crippen LogP contribution in [0.15, 0.2) is 24.3 Å². The third kappa shape index (κ3) is 3.20. The molecule has 0 spiro atoms. The van der Waals surface area contributed by atoms with E-state index in [0.29, 0.717) is 5.02 Å². The molecule has 1 rings (SSSR count). The van der Waals surface area contributed by atoms with E-state index in [2.05, 4.69) is 0 Å². The van der Waals surface area contributed by atoms with E-state index in [1.165, 1.54) is 12.1 Å². The molecular weight excluding hydrogens is 359 g/mol. The third-order valence-electron chi connectivity index (χ3n) is 1.07. The summed E-state index contributed by atoms with van der Waals surface area (Å²) in [6.45, 7) is 0. The van der Waals surface area contributed by atoms with Crippen molar-refractivity contribution in [3.8, 4) is 0 Å². The van der Waals surface area contributed by atoms with E-state index in [1.54, 1.807) is 12.1 Å².